The fraction of sp³-hybridized carbons (Fsp3) is 0.533. The lowest BCUT2D eigenvalue weighted by Crippen LogP contribution is -2.41. The van der Waals surface area contributed by atoms with Crippen molar-refractivity contribution in [3.63, 3.8) is 0 Å². The molecule has 0 aliphatic heterocycles. The summed E-state index contributed by atoms with van der Waals surface area (Å²) in [7, 11) is 3.46. The van der Waals surface area contributed by atoms with Gasteiger partial charge in [-0.05, 0) is 38.9 Å². The predicted octanol–water partition coefficient (Wildman–Crippen LogP) is 2.72. The molecule has 2 unspecified atom stereocenters. The van der Waals surface area contributed by atoms with Crippen LogP contribution in [0.1, 0.15) is 38.8 Å². The molecule has 1 aromatic carbocycles. The molecule has 0 aliphatic rings. The molecule has 0 bridgehead atoms. The third kappa shape index (κ3) is 3.55. The lowest BCUT2D eigenvalue weighted by Gasteiger charge is -2.26. The number of amides is 1. The van der Waals surface area contributed by atoms with E-state index in [1.165, 1.54) is 0 Å². The number of methoxy groups -OCH3 is 1. The van der Waals surface area contributed by atoms with E-state index in [4.69, 9.17) is 4.74 Å². The van der Waals surface area contributed by atoms with Crippen molar-refractivity contribution in [2.24, 2.45) is 0 Å². The van der Waals surface area contributed by atoms with Gasteiger partial charge in [-0.1, -0.05) is 25.1 Å². The molecular weight excluding hydrogens is 240 g/mol. The van der Waals surface area contributed by atoms with Crippen LogP contribution in [0.5, 0.6) is 0 Å². The van der Waals surface area contributed by atoms with E-state index in [9.17, 15) is 4.79 Å². The minimum absolute atomic E-state index is 0.117. The van der Waals surface area contributed by atoms with Crippen molar-refractivity contribution in [3.8, 4) is 0 Å². The first-order valence-electron chi connectivity index (χ1n) is 6.61. The van der Waals surface area contributed by atoms with Crippen LogP contribution in [0.25, 0.3) is 0 Å². The number of ether oxygens (including phenoxy) is 1. The average Bonchev–Trinajstić information content (AvgIpc) is 2.46. The van der Waals surface area contributed by atoms with Crippen molar-refractivity contribution in [1.82, 2.24) is 5.32 Å². The maximum atomic E-state index is 12.3. The summed E-state index contributed by atoms with van der Waals surface area (Å²) < 4.78 is 5.32. The number of para-hydroxylation sites is 1. The van der Waals surface area contributed by atoms with E-state index in [2.05, 4.69) is 17.6 Å². The topological polar surface area (TPSA) is 50.4 Å². The van der Waals surface area contributed by atoms with E-state index < -0.39 is 5.60 Å². The van der Waals surface area contributed by atoms with E-state index >= 15 is 0 Å². The van der Waals surface area contributed by atoms with Crippen LogP contribution in [0.15, 0.2) is 24.3 Å². The molecule has 0 radical (unpaired) electrons. The standard InChI is InChI=1S/C15H24N2O2/c1-6-15(3,19-5)14(18)17-13-10-8-7-9-12(13)11(2)16-4/h7-11,16H,6H2,1-5H3,(H,17,18). The summed E-state index contributed by atoms with van der Waals surface area (Å²) in [4.78, 5) is 12.3. The van der Waals surface area contributed by atoms with E-state index in [-0.39, 0.29) is 11.9 Å². The third-order valence-corrected chi connectivity index (χ3v) is 3.71. The van der Waals surface area contributed by atoms with Crippen molar-refractivity contribution in [1.29, 1.82) is 0 Å². The molecule has 1 aromatic rings. The van der Waals surface area contributed by atoms with E-state index in [1.54, 1.807) is 14.0 Å². The second kappa shape index (κ2) is 6.68. The highest BCUT2D eigenvalue weighted by molar-refractivity contribution is 5.97. The molecular formula is C15H24N2O2. The Kier molecular flexibility index (Phi) is 5.51. The summed E-state index contributed by atoms with van der Waals surface area (Å²) in [6.45, 7) is 5.79. The van der Waals surface area contributed by atoms with Gasteiger partial charge in [0.15, 0.2) is 0 Å². The number of carbonyl (C=O) groups is 1. The van der Waals surface area contributed by atoms with Crippen LogP contribution in [-0.4, -0.2) is 25.7 Å². The largest absolute Gasteiger partial charge is 0.369 e. The molecule has 1 amide bonds. The van der Waals surface area contributed by atoms with Crippen LogP contribution in [-0.2, 0) is 9.53 Å². The van der Waals surface area contributed by atoms with Crippen LogP contribution in [0.3, 0.4) is 0 Å². The molecule has 4 heteroatoms. The highest BCUT2D eigenvalue weighted by atomic mass is 16.5. The van der Waals surface area contributed by atoms with Gasteiger partial charge >= 0.3 is 0 Å². The van der Waals surface area contributed by atoms with Gasteiger partial charge < -0.3 is 15.4 Å². The van der Waals surface area contributed by atoms with Gasteiger partial charge in [-0.15, -0.1) is 0 Å². The fourth-order valence-electron chi connectivity index (χ4n) is 1.80. The molecule has 1 rings (SSSR count). The van der Waals surface area contributed by atoms with Crippen molar-refractivity contribution in [2.75, 3.05) is 19.5 Å². The highest BCUT2D eigenvalue weighted by Crippen LogP contribution is 2.24. The first-order valence-corrected chi connectivity index (χ1v) is 6.61. The van der Waals surface area contributed by atoms with Crippen LogP contribution >= 0.6 is 0 Å². The predicted molar refractivity (Wildman–Crippen MR) is 78.3 cm³/mol. The lowest BCUT2D eigenvalue weighted by molar-refractivity contribution is -0.136. The summed E-state index contributed by atoms with van der Waals surface area (Å²) in [5.74, 6) is -0.117. The minimum Gasteiger partial charge on any atom is -0.369 e. The van der Waals surface area contributed by atoms with Gasteiger partial charge in [0.2, 0.25) is 0 Å². The molecule has 4 nitrogen and oxygen atoms in total. The molecule has 19 heavy (non-hydrogen) atoms. The SMILES string of the molecule is CCC(C)(OC)C(=O)Nc1ccccc1C(C)NC. The maximum Gasteiger partial charge on any atom is 0.256 e. The quantitative estimate of drug-likeness (QED) is 0.830. The zero-order valence-corrected chi connectivity index (χ0v) is 12.4. The fourth-order valence-corrected chi connectivity index (χ4v) is 1.80. The average molecular weight is 264 g/mol. The van der Waals surface area contributed by atoms with E-state index in [0.717, 1.165) is 11.3 Å². The second-order valence-corrected chi connectivity index (χ2v) is 4.84. The molecule has 0 saturated heterocycles. The zero-order chi connectivity index (χ0) is 14.5. The van der Waals surface area contributed by atoms with Crippen LogP contribution in [0.4, 0.5) is 5.69 Å². The van der Waals surface area contributed by atoms with Crippen molar-refractivity contribution >= 4 is 11.6 Å². The summed E-state index contributed by atoms with van der Waals surface area (Å²) in [5.41, 5.74) is 1.09. The number of rotatable bonds is 6. The summed E-state index contributed by atoms with van der Waals surface area (Å²) in [6.07, 6.45) is 0.624. The van der Waals surface area contributed by atoms with Gasteiger partial charge in [-0.3, -0.25) is 4.79 Å². The van der Waals surface area contributed by atoms with Gasteiger partial charge in [0, 0.05) is 18.8 Å². The first-order chi connectivity index (χ1) is 8.98. The number of anilines is 1. The highest BCUT2D eigenvalue weighted by Gasteiger charge is 2.31. The summed E-state index contributed by atoms with van der Waals surface area (Å²) in [6, 6.07) is 7.97. The number of hydrogen-bond acceptors (Lipinski definition) is 3. The normalized spacial score (nSPS) is 15.6. The summed E-state index contributed by atoms with van der Waals surface area (Å²) >= 11 is 0. The maximum absolute atomic E-state index is 12.3. The monoisotopic (exact) mass is 264 g/mol. The first kappa shape index (κ1) is 15.7. The van der Waals surface area contributed by atoms with Crippen LogP contribution < -0.4 is 10.6 Å². The van der Waals surface area contributed by atoms with Crippen molar-refractivity contribution in [3.05, 3.63) is 29.8 Å². The Morgan fingerprint density at radius 1 is 1.42 bits per heavy atom. The van der Waals surface area contributed by atoms with Gasteiger partial charge in [0.25, 0.3) is 5.91 Å². The Morgan fingerprint density at radius 3 is 2.58 bits per heavy atom. The third-order valence-electron chi connectivity index (χ3n) is 3.71. The summed E-state index contributed by atoms with van der Waals surface area (Å²) in [5, 5.41) is 6.14. The Bertz CT molecular complexity index is 428. The van der Waals surface area contributed by atoms with Gasteiger partial charge in [0.05, 0.1) is 0 Å². The molecule has 0 aromatic heterocycles. The van der Waals surface area contributed by atoms with Crippen molar-refractivity contribution in [2.45, 2.75) is 38.8 Å². The molecule has 106 valence electrons. The molecule has 0 heterocycles. The lowest BCUT2D eigenvalue weighted by atomic mass is 10.0. The van der Waals surface area contributed by atoms with Gasteiger partial charge in [0.1, 0.15) is 5.60 Å². The van der Waals surface area contributed by atoms with Gasteiger partial charge in [-0.25, -0.2) is 0 Å². The van der Waals surface area contributed by atoms with Crippen LogP contribution in [0, 0.1) is 0 Å². The smallest absolute Gasteiger partial charge is 0.256 e. The van der Waals surface area contributed by atoms with Gasteiger partial charge in [-0.2, -0.15) is 0 Å². The number of nitrogens with one attached hydrogen (secondary N) is 2. The Balaban J connectivity index is 2.97. The minimum atomic E-state index is -0.796. The molecule has 0 spiro atoms. The molecule has 2 atom stereocenters. The molecule has 0 aliphatic carbocycles. The number of hydrogen-bond donors (Lipinski definition) is 2. The Hall–Kier alpha value is -1.39. The van der Waals surface area contributed by atoms with Crippen LogP contribution in [0.2, 0.25) is 0 Å². The zero-order valence-electron chi connectivity index (χ0n) is 12.4. The Morgan fingerprint density at radius 2 is 2.05 bits per heavy atom. The molecule has 0 saturated carbocycles. The van der Waals surface area contributed by atoms with E-state index in [1.807, 2.05) is 38.2 Å². The molecule has 0 fully saturated rings. The number of benzene rings is 1. The Labute approximate surface area is 115 Å². The van der Waals surface area contributed by atoms with Crippen molar-refractivity contribution < 1.29 is 9.53 Å². The molecule has 2 N–H and O–H groups in total. The number of carbonyl (C=O) groups excluding carboxylic acids is 1. The van der Waals surface area contributed by atoms with E-state index in [0.29, 0.717) is 6.42 Å². The second-order valence-electron chi connectivity index (χ2n) is 4.84.